The lowest BCUT2D eigenvalue weighted by atomic mass is 10.0. The molecule has 0 saturated heterocycles. The van der Waals surface area contributed by atoms with Gasteiger partial charge in [-0.1, -0.05) is 23.7 Å². The third kappa shape index (κ3) is 2.44. The predicted molar refractivity (Wildman–Crippen MR) is 48.9 cm³/mol. The molecule has 1 atom stereocenters. The molecule has 13 heavy (non-hydrogen) atoms. The molecule has 0 spiro atoms. The molecule has 0 amide bonds. The van der Waals surface area contributed by atoms with Crippen molar-refractivity contribution in [3.05, 3.63) is 34.9 Å². The number of carboxylic acids is 1. The van der Waals surface area contributed by atoms with Crippen LogP contribution in [0.2, 0.25) is 5.02 Å². The lowest BCUT2D eigenvalue weighted by Crippen LogP contribution is -2.15. The SMILES string of the molecule is O=C(O)[C@@H](CO)c1cccc(Cl)c1. The highest BCUT2D eigenvalue weighted by Crippen LogP contribution is 2.19. The van der Waals surface area contributed by atoms with E-state index in [2.05, 4.69) is 0 Å². The van der Waals surface area contributed by atoms with Crippen LogP contribution in [-0.4, -0.2) is 22.8 Å². The van der Waals surface area contributed by atoms with Crippen molar-refractivity contribution in [1.29, 1.82) is 0 Å². The van der Waals surface area contributed by atoms with Crippen molar-refractivity contribution >= 4 is 17.6 Å². The first-order chi connectivity index (χ1) is 6.15. The average molecular weight is 201 g/mol. The Morgan fingerprint density at radius 1 is 1.54 bits per heavy atom. The van der Waals surface area contributed by atoms with Crippen LogP contribution >= 0.6 is 11.6 Å². The van der Waals surface area contributed by atoms with E-state index < -0.39 is 18.5 Å². The van der Waals surface area contributed by atoms with Crippen LogP contribution in [0.4, 0.5) is 0 Å². The zero-order valence-corrected chi connectivity index (χ0v) is 7.53. The summed E-state index contributed by atoms with van der Waals surface area (Å²) in [5.41, 5.74) is 0.516. The molecular weight excluding hydrogens is 192 g/mol. The normalized spacial score (nSPS) is 12.5. The van der Waals surface area contributed by atoms with E-state index in [9.17, 15) is 4.79 Å². The highest BCUT2D eigenvalue weighted by Gasteiger charge is 2.18. The predicted octanol–water partition coefficient (Wildman–Crippen LogP) is 1.50. The fraction of sp³-hybridized carbons (Fsp3) is 0.222. The maximum absolute atomic E-state index is 10.6. The van der Waals surface area contributed by atoms with Crippen LogP contribution in [0.1, 0.15) is 11.5 Å². The molecule has 0 saturated carbocycles. The van der Waals surface area contributed by atoms with Crippen molar-refractivity contribution in [3.63, 3.8) is 0 Å². The largest absolute Gasteiger partial charge is 0.481 e. The van der Waals surface area contributed by atoms with Gasteiger partial charge in [0.15, 0.2) is 0 Å². The number of carboxylic acid groups (broad SMARTS) is 1. The minimum atomic E-state index is -1.05. The van der Waals surface area contributed by atoms with Crippen LogP contribution in [0.25, 0.3) is 0 Å². The number of aliphatic hydroxyl groups is 1. The Kier molecular flexibility index (Phi) is 3.28. The zero-order valence-electron chi connectivity index (χ0n) is 6.77. The van der Waals surface area contributed by atoms with Gasteiger partial charge in [0.05, 0.1) is 6.61 Å². The fourth-order valence-electron chi connectivity index (χ4n) is 1.05. The van der Waals surface area contributed by atoms with Crippen LogP contribution in [-0.2, 0) is 4.79 Å². The van der Waals surface area contributed by atoms with Gasteiger partial charge in [-0.15, -0.1) is 0 Å². The Morgan fingerprint density at radius 3 is 2.69 bits per heavy atom. The van der Waals surface area contributed by atoms with Crippen LogP contribution in [0.5, 0.6) is 0 Å². The fourth-order valence-corrected chi connectivity index (χ4v) is 1.25. The molecule has 0 fully saturated rings. The van der Waals surface area contributed by atoms with Gasteiger partial charge in [0.2, 0.25) is 0 Å². The number of rotatable bonds is 3. The first kappa shape index (κ1) is 10.0. The van der Waals surface area contributed by atoms with Gasteiger partial charge in [-0.2, -0.15) is 0 Å². The van der Waals surface area contributed by atoms with E-state index in [1.54, 1.807) is 18.2 Å². The van der Waals surface area contributed by atoms with Gasteiger partial charge in [0, 0.05) is 5.02 Å². The molecule has 0 aliphatic rings. The van der Waals surface area contributed by atoms with Gasteiger partial charge >= 0.3 is 5.97 Å². The summed E-state index contributed by atoms with van der Waals surface area (Å²) >= 11 is 5.68. The highest BCUT2D eigenvalue weighted by atomic mass is 35.5. The maximum Gasteiger partial charge on any atom is 0.313 e. The van der Waals surface area contributed by atoms with E-state index in [1.165, 1.54) is 6.07 Å². The van der Waals surface area contributed by atoms with Gasteiger partial charge in [0.25, 0.3) is 0 Å². The number of aliphatic carboxylic acids is 1. The van der Waals surface area contributed by atoms with Crippen molar-refractivity contribution < 1.29 is 15.0 Å². The molecule has 3 nitrogen and oxygen atoms in total. The second-order valence-electron chi connectivity index (χ2n) is 2.63. The van der Waals surface area contributed by atoms with E-state index in [-0.39, 0.29) is 0 Å². The summed E-state index contributed by atoms with van der Waals surface area (Å²) in [5, 5.41) is 18.0. The van der Waals surface area contributed by atoms with E-state index in [0.29, 0.717) is 10.6 Å². The summed E-state index contributed by atoms with van der Waals surface area (Å²) in [6, 6.07) is 6.47. The van der Waals surface area contributed by atoms with Crippen molar-refractivity contribution in [2.24, 2.45) is 0 Å². The maximum atomic E-state index is 10.6. The molecule has 0 heterocycles. The molecule has 1 aromatic rings. The molecule has 1 rings (SSSR count). The molecule has 4 heteroatoms. The van der Waals surface area contributed by atoms with Crippen molar-refractivity contribution in [2.75, 3.05) is 6.61 Å². The summed E-state index contributed by atoms with van der Waals surface area (Å²) in [5.74, 6) is -1.94. The molecule has 70 valence electrons. The number of hydrogen-bond acceptors (Lipinski definition) is 2. The number of carbonyl (C=O) groups is 1. The first-order valence-electron chi connectivity index (χ1n) is 3.74. The molecule has 1 aromatic carbocycles. The molecule has 0 unspecified atom stereocenters. The number of halogens is 1. The van der Waals surface area contributed by atoms with E-state index >= 15 is 0 Å². The van der Waals surface area contributed by atoms with Crippen LogP contribution in [0.15, 0.2) is 24.3 Å². The molecule has 0 radical (unpaired) electrons. The quantitative estimate of drug-likeness (QED) is 0.778. The van der Waals surface area contributed by atoms with Gasteiger partial charge in [0.1, 0.15) is 5.92 Å². The van der Waals surface area contributed by atoms with Crippen LogP contribution in [0.3, 0.4) is 0 Å². The minimum Gasteiger partial charge on any atom is -0.481 e. The van der Waals surface area contributed by atoms with Gasteiger partial charge in [-0.3, -0.25) is 4.79 Å². The summed E-state index contributed by atoms with van der Waals surface area (Å²) in [4.78, 5) is 10.6. The summed E-state index contributed by atoms with van der Waals surface area (Å²) in [6.07, 6.45) is 0. The van der Waals surface area contributed by atoms with Crippen LogP contribution in [0, 0.1) is 0 Å². The minimum absolute atomic E-state index is 0.421. The second-order valence-corrected chi connectivity index (χ2v) is 3.06. The molecule has 0 bridgehead atoms. The first-order valence-corrected chi connectivity index (χ1v) is 4.12. The number of benzene rings is 1. The second kappa shape index (κ2) is 4.25. The summed E-state index contributed by atoms with van der Waals surface area (Å²) in [7, 11) is 0. The average Bonchev–Trinajstić information content (AvgIpc) is 2.04. The summed E-state index contributed by atoms with van der Waals surface area (Å²) < 4.78 is 0. The molecule has 0 aliphatic carbocycles. The van der Waals surface area contributed by atoms with Crippen molar-refractivity contribution in [1.82, 2.24) is 0 Å². The van der Waals surface area contributed by atoms with E-state index in [1.807, 2.05) is 0 Å². The highest BCUT2D eigenvalue weighted by molar-refractivity contribution is 6.30. The Morgan fingerprint density at radius 2 is 2.23 bits per heavy atom. The van der Waals surface area contributed by atoms with Crippen LogP contribution < -0.4 is 0 Å². The Labute approximate surface area is 80.6 Å². The van der Waals surface area contributed by atoms with Crippen molar-refractivity contribution in [3.8, 4) is 0 Å². The van der Waals surface area contributed by atoms with Gasteiger partial charge in [-0.05, 0) is 17.7 Å². The monoisotopic (exact) mass is 200 g/mol. The zero-order chi connectivity index (χ0) is 9.84. The topological polar surface area (TPSA) is 57.5 Å². The van der Waals surface area contributed by atoms with E-state index in [0.717, 1.165) is 0 Å². The number of aliphatic hydroxyl groups excluding tert-OH is 1. The lowest BCUT2D eigenvalue weighted by Gasteiger charge is -2.08. The van der Waals surface area contributed by atoms with Gasteiger partial charge in [-0.25, -0.2) is 0 Å². The molecule has 0 aliphatic heterocycles. The summed E-state index contributed by atoms with van der Waals surface area (Å²) in [6.45, 7) is -0.421. The Hall–Kier alpha value is -1.06. The van der Waals surface area contributed by atoms with E-state index in [4.69, 9.17) is 21.8 Å². The smallest absolute Gasteiger partial charge is 0.313 e. The Balaban J connectivity index is 2.98. The van der Waals surface area contributed by atoms with Gasteiger partial charge < -0.3 is 10.2 Å². The molecular formula is C9H9ClO3. The number of hydrogen-bond donors (Lipinski definition) is 2. The van der Waals surface area contributed by atoms with Crippen molar-refractivity contribution in [2.45, 2.75) is 5.92 Å². The Bertz CT molecular complexity index is 311. The third-order valence-corrected chi connectivity index (χ3v) is 1.97. The molecule has 0 aromatic heterocycles. The molecule has 2 N–H and O–H groups in total. The standard InChI is InChI=1S/C9H9ClO3/c10-7-3-1-2-6(4-7)8(5-11)9(12)13/h1-4,8,11H,5H2,(H,12,13)/t8-/m0/s1. The third-order valence-electron chi connectivity index (χ3n) is 1.73. The lowest BCUT2D eigenvalue weighted by molar-refractivity contribution is -0.139.